The predicted octanol–water partition coefficient (Wildman–Crippen LogP) is 3.63. The average molecular weight is 474 g/mol. The van der Waals surface area contributed by atoms with Gasteiger partial charge in [-0.05, 0) is 42.9 Å². The van der Waals surface area contributed by atoms with Gasteiger partial charge in [-0.1, -0.05) is 60.7 Å². The molecule has 0 bridgehead atoms. The normalized spacial score (nSPS) is 17.1. The summed E-state index contributed by atoms with van der Waals surface area (Å²) in [5.74, 6) is 0.320. The molecule has 2 heterocycles. The lowest BCUT2D eigenvalue weighted by Gasteiger charge is -2.38. The van der Waals surface area contributed by atoms with Crippen LogP contribution in [0.25, 0.3) is 6.08 Å². The number of amides is 3. The molecular formula is C29H35N3O3. The summed E-state index contributed by atoms with van der Waals surface area (Å²) in [7, 11) is 0. The number of carbonyl (C=O) groups excluding carboxylic acids is 3. The highest BCUT2D eigenvalue weighted by atomic mass is 16.2. The number of hydrogen-bond donors (Lipinski definition) is 0. The average Bonchev–Trinajstić information content (AvgIpc) is 2.92. The van der Waals surface area contributed by atoms with Crippen LogP contribution in [0.1, 0.15) is 36.8 Å². The minimum absolute atomic E-state index is 0.000793. The molecule has 2 aromatic carbocycles. The first-order valence-corrected chi connectivity index (χ1v) is 12.7. The van der Waals surface area contributed by atoms with E-state index in [1.807, 2.05) is 69.3 Å². The van der Waals surface area contributed by atoms with Gasteiger partial charge < -0.3 is 14.7 Å². The Labute approximate surface area is 208 Å². The van der Waals surface area contributed by atoms with Crippen LogP contribution in [0.5, 0.6) is 0 Å². The Balaban J connectivity index is 1.15. The van der Waals surface area contributed by atoms with Gasteiger partial charge in [-0.15, -0.1) is 0 Å². The van der Waals surface area contributed by atoms with Crippen LogP contribution in [-0.4, -0.2) is 71.7 Å². The number of nitrogens with zero attached hydrogens (tertiary/aromatic N) is 3. The molecular weight excluding hydrogens is 438 g/mol. The summed E-state index contributed by atoms with van der Waals surface area (Å²) in [5, 5.41) is 0. The van der Waals surface area contributed by atoms with E-state index in [0.717, 1.165) is 18.4 Å². The largest absolute Gasteiger partial charge is 0.339 e. The smallest absolute Gasteiger partial charge is 0.246 e. The number of hydrogen-bond acceptors (Lipinski definition) is 3. The molecule has 0 aliphatic carbocycles. The number of benzene rings is 2. The maximum absolute atomic E-state index is 13.1. The SMILES string of the molecule is O=C(/C=C/c1ccccc1)N1CCC(C(=O)N2CCN(C(=O)CCCc3ccccc3)CC2)CC1. The molecule has 0 radical (unpaired) electrons. The third-order valence-corrected chi connectivity index (χ3v) is 7.02. The molecule has 0 atom stereocenters. The van der Waals surface area contributed by atoms with E-state index in [9.17, 15) is 14.4 Å². The minimum Gasteiger partial charge on any atom is -0.339 e. The molecule has 2 aliphatic rings. The van der Waals surface area contributed by atoms with Crippen molar-refractivity contribution in [3.63, 3.8) is 0 Å². The van der Waals surface area contributed by atoms with E-state index in [2.05, 4.69) is 12.1 Å². The Morgan fingerprint density at radius 1 is 0.743 bits per heavy atom. The molecule has 0 N–H and O–H groups in total. The highest BCUT2D eigenvalue weighted by molar-refractivity contribution is 5.92. The van der Waals surface area contributed by atoms with Gasteiger partial charge in [-0.2, -0.15) is 0 Å². The molecule has 35 heavy (non-hydrogen) atoms. The van der Waals surface area contributed by atoms with Crippen LogP contribution in [-0.2, 0) is 20.8 Å². The maximum atomic E-state index is 13.1. The highest BCUT2D eigenvalue weighted by Crippen LogP contribution is 2.21. The Morgan fingerprint density at radius 2 is 1.34 bits per heavy atom. The fourth-order valence-electron chi connectivity index (χ4n) is 4.86. The van der Waals surface area contributed by atoms with Crippen molar-refractivity contribution in [1.29, 1.82) is 0 Å². The van der Waals surface area contributed by atoms with Crippen LogP contribution in [0, 0.1) is 5.92 Å². The van der Waals surface area contributed by atoms with E-state index in [1.54, 1.807) is 6.08 Å². The first-order valence-electron chi connectivity index (χ1n) is 12.7. The maximum Gasteiger partial charge on any atom is 0.246 e. The lowest BCUT2D eigenvalue weighted by Crippen LogP contribution is -2.53. The van der Waals surface area contributed by atoms with Gasteiger partial charge in [-0.3, -0.25) is 14.4 Å². The quantitative estimate of drug-likeness (QED) is 0.577. The van der Waals surface area contributed by atoms with Crippen molar-refractivity contribution in [2.75, 3.05) is 39.3 Å². The second kappa shape index (κ2) is 12.3. The first kappa shape index (κ1) is 24.7. The monoisotopic (exact) mass is 473 g/mol. The van der Waals surface area contributed by atoms with Gasteiger partial charge >= 0.3 is 0 Å². The summed E-state index contributed by atoms with van der Waals surface area (Å²) in [6.45, 7) is 3.63. The fraction of sp³-hybridized carbons (Fsp3) is 0.414. The van der Waals surface area contributed by atoms with Crippen LogP contribution in [0.15, 0.2) is 66.7 Å². The summed E-state index contributed by atoms with van der Waals surface area (Å²) in [6.07, 6.45) is 7.16. The Morgan fingerprint density at radius 3 is 2.00 bits per heavy atom. The number of carbonyl (C=O) groups is 3. The molecule has 0 saturated carbocycles. The van der Waals surface area contributed by atoms with Crippen molar-refractivity contribution in [2.45, 2.75) is 32.1 Å². The minimum atomic E-state index is -0.0368. The Bertz CT molecular complexity index is 1010. The summed E-state index contributed by atoms with van der Waals surface area (Å²) in [4.78, 5) is 43.8. The van der Waals surface area contributed by atoms with Gasteiger partial charge in [0.2, 0.25) is 17.7 Å². The summed E-state index contributed by atoms with van der Waals surface area (Å²) < 4.78 is 0. The molecule has 0 aromatic heterocycles. The second-order valence-corrected chi connectivity index (χ2v) is 9.39. The number of piperidine rings is 1. The molecule has 3 amide bonds. The first-order chi connectivity index (χ1) is 17.1. The van der Waals surface area contributed by atoms with Gasteiger partial charge in [0.25, 0.3) is 0 Å². The summed E-state index contributed by atoms with van der Waals surface area (Å²) >= 11 is 0. The van der Waals surface area contributed by atoms with Crippen molar-refractivity contribution in [3.8, 4) is 0 Å². The van der Waals surface area contributed by atoms with Crippen molar-refractivity contribution in [2.24, 2.45) is 5.92 Å². The fourth-order valence-corrected chi connectivity index (χ4v) is 4.86. The third kappa shape index (κ3) is 7.04. The Hall–Kier alpha value is -3.41. The molecule has 0 spiro atoms. The molecule has 6 heteroatoms. The highest BCUT2D eigenvalue weighted by Gasteiger charge is 2.32. The number of piperazine rings is 1. The van der Waals surface area contributed by atoms with Gasteiger partial charge in [0, 0.05) is 57.7 Å². The van der Waals surface area contributed by atoms with Gasteiger partial charge in [-0.25, -0.2) is 0 Å². The van der Waals surface area contributed by atoms with E-state index in [1.165, 1.54) is 5.56 Å². The van der Waals surface area contributed by atoms with Gasteiger partial charge in [0.15, 0.2) is 0 Å². The zero-order valence-corrected chi connectivity index (χ0v) is 20.4. The van der Waals surface area contributed by atoms with Crippen molar-refractivity contribution < 1.29 is 14.4 Å². The van der Waals surface area contributed by atoms with Crippen molar-refractivity contribution in [3.05, 3.63) is 77.9 Å². The van der Waals surface area contributed by atoms with E-state index >= 15 is 0 Å². The van der Waals surface area contributed by atoms with Gasteiger partial charge in [0.1, 0.15) is 0 Å². The van der Waals surface area contributed by atoms with E-state index in [0.29, 0.717) is 58.5 Å². The predicted molar refractivity (Wildman–Crippen MR) is 137 cm³/mol. The summed E-state index contributed by atoms with van der Waals surface area (Å²) in [5.41, 5.74) is 2.26. The molecule has 0 unspecified atom stereocenters. The van der Waals surface area contributed by atoms with Crippen LogP contribution < -0.4 is 0 Å². The molecule has 2 aliphatic heterocycles. The van der Waals surface area contributed by atoms with Crippen LogP contribution in [0.3, 0.4) is 0 Å². The number of likely N-dealkylation sites (tertiary alicyclic amines) is 1. The molecule has 184 valence electrons. The zero-order chi connectivity index (χ0) is 24.5. The van der Waals surface area contributed by atoms with E-state index in [4.69, 9.17) is 0 Å². The van der Waals surface area contributed by atoms with E-state index in [-0.39, 0.29) is 23.6 Å². The lowest BCUT2D eigenvalue weighted by atomic mass is 9.95. The van der Waals surface area contributed by atoms with E-state index < -0.39 is 0 Å². The second-order valence-electron chi connectivity index (χ2n) is 9.39. The van der Waals surface area contributed by atoms with Crippen LogP contribution in [0.2, 0.25) is 0 Å². The molecule has 4 rings (SSSR count). The Kier molecular flexibility index (Phi) is 8.71. The van der Waals surface area contributed by atoms with Crippen molar-refractivity contribution >= 4 is 23.8 Å². The zero-order valence-electron chi connectivity index (χ0n) is 20.4. The van der Waals surface area contributed by atoms with Crippen LogP contribution in [0.4, 0.5) is 0 Å². The number of rotatable bonds is 7. The summed E-state index contributed by atoms with van der Waals surface area (Å²) in [6, 6.07) is 20.0. The third-order valence-electron chi connectivity index (χ3n) is 7.02. The van der Waals surface area contributed by atoms with Gasteiger partial charge in [0.05, 0.1) is 0 Å². The lowest BCUT2D eigenvalue weighted by molar-refractivity contribution is -0.144. The molecule has 2 aromatic rings. The van der Waals surface area contributed by atoms with Crippen molar-refractivity contribution in [1.82, 2.24) is 14.7 Å². The number of aryl methyl sites for hydroxylation is 1. The molecule has 2 fully saturated rings. The van der Waals surface area contributed by atoms with Crippen LogP contribution >= 0.6 is 0 Å². The molecule has 6 nitrogen and oxygen atoms in total. The topological polar surface area (TPSA) is 60.9 Å². The standard InChI is InChI=1S/C29H35N3O3/c33-27(13-7-12-24-8-3-1-4-9-24)31-20-22-32(23-21-31)29(35)26-16-18-30(19-17-26)28(34)15-14-25-10-5-2-6-11-25/h1-6,8-11,14-15,26H,7,12-13,16-23H2/b15-14+. The molecule has 2 saturated heterocycles.